The van der Waals surface area contributed by atoms with Gasteiger partial charge >= 0.3 is 0 Å². The average molecular weight is 304 g/mol. The van der Waals surface area contributed by atoms with Crippen molar-refractivity contribution in [2.45, 2.75) is 57.6 Å². The van der Waals surface area contributed by atoms with E-state index in [1.807, 2.05) is 12.1 Å². The lowest BCUT2D eigenvalue weighted by Gasteiger charge is -2.35. The fraction of sp³-hybridized carbons (Fsp3) is 0.688. The van der Waals surface area contributed by atoms with Gasteiger partial charge in [0.1, 0.15) is 6.10 Å². The van der Waals surface area contributed by atoms with Crippen LogP contribution in [0.2, 0.25) is 0 Å². The Balaban J connectivity index is 1.63. The first-order chi connectivity index (χ1) is 10.8. The third-order valence-corrected chi connectivity index (χ3v) is 4.52. The van der Waals surface area contributed by atoms with E-state index in [4.69, 9.17) is 4.74 Å². The van der Waals surface area contributed by atoms with Gasteiger partial charge in [0.25, 0.3) is 5.91 Å². The first kappa shape index (κ1) is 15.2. The number of piperidine rings is 1. The Morgan fingerprint density at radius 2 is 2.23 bits per heavy atom. The second-order valence-electron chi connectivity index (χ2n) is 6.02. The van der Waals surface area contributed by atoms with Gasteiger partial charge in [-0.1, -0.05) is 6.92 Å². The normalized spacial score (nSPS) is 25.2. The summed E-state index contributed by atoms with van der Waals surface area (Å²) in [6, 6.07) is 4.33. The Hall–Kier alpha value is -1.69. The fourth-order valence-corrected chi connectivity index (χ4v) is 3.26. The van der Waals surface area contributed by atoms with Crippen molar-refractivity contribution < 1.29 is 9.53 Å². The van der Waals surface area contributed by atoms with Crippen molar-refractivity contribution in [2.75, 3.05) is 23.4 Å². The molecule has 0 radical (unpaired) electrons. The van der Waals surface area contributed by atoms with Crippen molar-refractivity contribution in [1.82, 2.24) is 10.2 Å². The molecule has 1 amide bonds. The molecule has 0 bridgehead atoms. The molecule has 0 saturated carbocycles. The molecule has 6 nitrogen and oxygen atoms in total. The summed E-state index contributed by atoms with van der Waals surface area (Å²) in [4.78, 5) is 14.3. The third-order valence-electron chi connectivity index (χ3n) is 4.52. The van der Waals surface area contributed by atoms with Crippen LogP contribution < -0.4 is 10.2 Å². The van der Waals surface area contributed by atoms with Crippen LogP contribution in [0.25, 0.3) is 0 Å². The maximum atomic E-state index is 12.0. The minimum atomic E-state index is -0.340. The van der Waals surface area contributed by atoms with Gasteiger partial charge in [0.2, 0.25) is 0 Å². The number of hydrogen-bond donors (Lipinski definition) is 1. The van der Waals surface area contributed by atoms with Crippen LogP contribution in [0.4, 0.5) is 11.6 Å². The predicted molar refractivity (Wildman–Crippen MR) is 84.9 cm³/mol. The Bertz CT molecular complexity index is 499. The molecule has 2 saturated heterocycles. The lowest BCUT2D eigenvalue weighted by atomic mass is 10.0. The van der Waals surface area contributed by atoms with Crippen molar-refractivity contribution >= 4 is 17.5 Å². The topological polar surface area (TPSA) is 67.4 Å². The molecule has 22 heavy (non-hydrogen) atoms. The van der Waals surface area contributed by atoms with Crippen molar-refractivity contribution in [1.29, 1.82) is 0 Å². The highest BCUT2D eigenvalue weighted by Gasteiger charge is 2.25. The third kappa shape index (κ3) is 3.38. The highest BCUT2D eigenvalue weighted by atomic mass is 16.5. The molecule has 2 unspecified atom stereocenters. The van der Waals surface area contributed by atoms with Crippen molar-refractivity contribution in [3.8, 4) is 0 Å². The minimum Gasteiger partial charge on any atom is -0.368 e. The number of carbonyl (C=O) groups excluding carboxylic acids is 1. The summed E-state index contributed by atoms with van der Waals surface area (Å²) in [5.74, 6) is 1.28. The number of ether oxygens (including phenoxy) is 1. The largest absolute Gasteiger partial charge is 0.368 e. The summed E-state index contributed by atoms with van der Waals surface area (Å²) in [5.41, 5.74) is 0. The van der Waals surface area contributed by atoms with Gasteiger partial charge in [0.15, 0.2) is 11.6 Å². The van der Waals surface area contributed by atoms with E-state index in [-0.39, 0.29) is 12.0 Å². The Labute approximate surface area is 131 Å². The number of carbonyl (C=O) groups is 1. The maximum Gasteiger partial charge on any atom is 0.254 e. The van der Waals surface area contributed by atoms with Crippen LogP contribution in [0.1, 0.15) is 45.4 Å². The zero-order valence-electron chi connectivity index (χ0n) is 13.1. The van der Waals surface area contributed by atoms with Crippen molar-refractivity contribution in [3.05, 3.63) is 12.1 Å². The highest BCUT2D eigenvalue weighted by Crippen LogP contribution is 2.25. The van der Waals surface area contributed by atoms with Crippen LogP contribution in [0.5, 0.6) is 0 Å². The summed E-state index contributed by atoms with van der Waals surface area (Å²) in [7, 11) is 0. The first-order valence-electron chi connectivity index (χ1n) is 8.30. The molecule has 2 aliphatic rings. The van der Waals surface area contributed by atoms with Gasteiger partial charge in [-0.2, -0.15) is 0 Å². The molecule has 120 valence electrons. The summed E-state index contributed by atoms with van der Waals surface area (Å²) in [6.45, 7) is 3.91. The van der Waals surface area contributed by atoms with Gasteiger partial charge in [-0.05, 0) is 50.7 Å². The predicted octanol–water partition coefficient (Wildman–Crippen LogP) is 2.36. The van der Waals surface area contributed by atoms with Gasteiger partial charge in [-0.3, -0.25) is 4.79 Å². The van der Waals surface area contributed by atoms with E-state index in [1.54, 1.807) is 0 Å². The molecule has 1 aromatic heterocycles. The molecule has 1 aromatic rings. The van der Waals surface area contributed by atoms with E-state index in [0.29, 0.717) is 18.5 Å². The molecular weight excluding hydrogens is 280 g/mol. The molecule has 0 aliphatic carbocycles. The number of anilines is 2. The van der Waals surface area contributed by atoms with Crippen LogP contribution in [0, 0.1) is 0 Å². The van der Waals surface area contributed by atoms with Gasteiger partial charge < -0.3 is 15.0 Å². The van der Waals surface area contributed by atoms with E-state index < -0.39 is 0 Å². The number of amides is 1. The van der Waals surface area contributed by atoms with Crippen LogP contribution >= 0.6 is 0 Å². The molecule has 3 heterocycles. The van der Waals surface area contributed by atoms with Gasteiger partial charge in [0, 0.05) is 19.2 Å². The monoisotopic (exact) mass is 304 g/mol. The smallest absolute Gasteiger partial charge is 0.254 e. The van der Waals surface area contributed by atoms with Crippen molar-refractivity contribution in [2.24, 2.45) is 0 Å². The maximum absolute atomic E-state index is 12.0. The minimum absolute atomic E-state index is 0.121. The molecule has 6 heteroatoms. The average Bonchev–Trinajstić information content (AvgIpc) is 3.10. The first-order valence-corrected chi connectivity index (χ1v) is 8.30. The molecular formula is C16H24N4O2. The fourth-order valence-electron chi connectivity index (χ4n) is 3.26. The van der Waals surface area contributed by atoms with Crippen LogP contribution in [-0.2, 0) is 9.53 Å². The number of nitrogens with zero attached hydrogens (tertiary/aromatic N) is 3. The summed E-state index contributed by atoms with van der Waals surface area (Å²) >= 11 is 0. The van der Waals surface area contributed by atoms with Crippen LogP contribution in [0.3, 0.4) is 0 Å². The van der Waals surface area contributed by atoms with E-state index >= 15 is 0 Å². The summed E-state index contributed by atoms with van der Waals surface area (Å²) in [5, 5.41) is 11.2. The Kier molecular flexibility index (Phi) is 4.87. The van der Waals surface area contributed by atoms with E-state index in [9.17, 15) is 4.79 Å². The second kappa shape index (κ2) is 7.05. The lowest BCUT2D eigenvalue weighted by Crippen LogP contribution is -2.39. The second-order valence-corrected chi connectivity index (χ2v) is 6.02. The molecule has 3 rings (SSSR count). The summed E-state index contributed by atoms with van der Waals surface area (Å²) < 4.78 is 5.37. The molecule has 0 spiro atoms. The standard InChI is InChI=1S/C16H24N4O2/c1-2-12-6-3-4-10-20(12)15-9-8-14(18-19-15)17-16(21)13-7-5-11-22-13/h8-9,12-13H,2-7,10-11H2,1H3,(H,17,18,21). The molecule has 2 fully saturated rings. The van der Waals surface area contributed by atoms with Gasteiger partial charge in [0.05, 0.1) is 0 Å². The van der Waals surface area contributed by atoms with E-state index in [0.717, 1.165) is 31.6 Å². The quantitative estimate of drug-likeness (QED) is 0.925. The number of nitrogens with one attached hydrogen (secondary N) is 1. The Morgan fingerprint density at radius 1 is 1.32 bits per heavy atom. The van der Waals surface area contributed by atoms with Crippen LogP contribution in [0.15, 0.2) is 12.1 Å². The number of rotatable bonds is 4. The molecule has 1 N–H and O–H groups in total. The molecule has 2 aliphatic heterocycles. The van der Waals surface area contributed by atoms with Gasteiger partial charge in [-0.25, -0.2) is 0 Å². The Morgan fingerprint density at radius 3 is 2.91 bits per heavy atom. The molecule has 2 atom stereocenters. The molecule has 0 aromatic carbocycles. The number of aromatic nitrogens is 2. The number of hydrogen-bond acceptors (Lipinski definition) is 5. The van der Waals surface area contributed by atoms with Crippen LogP contribution in [-0.4, -0.2) is 41.4 Å². The van der Waals surface area contributed by atoms with E-state index in [1.165, 1.54) is 19.3 Å². The summed E-state index contributed by atoms with van der Waals surface area (Å²) in [6.07, 6.45) is 6.22. The SMILES string of the molecule is CCC1CCCCN1c1ccc(NC(=O)C2CCCO2)nn1. The lowest BCUT2D eigenvalue weighted by molar-refractivity contribution is -0.124. The van der Waals surface area contributed by atoms with Gasteiger partial charge in [-0.15, -0.1) is 10.2 Å². The highest BCUT2D eigenvalue weighted by molar-refractivity contribution is 5.93. The zero-order valence-corrected chi connectivity index (χ0v) is 13.1. The van der Waals surface area contributed by atoms with Crippen molar-refractivity contribution in [3.63, 3.8) is 0 Å². The van der Waals surface area contributed by atoms with E-state index in [2.05, 4.69) is 27.3 Å². The zero-order chi connectivity index (χ0) is 15.4.